The lowest BCUT2D eigenvalue weighted by Crippen LogP contribution is -2.49. The van der Waals surface area contributed by atoms with Crippen LogP contribution in [0.4, 0.5) is 9.93 Å². The second-order valence-corrected chi connectivity index (χ2v) is 11.2. The summed E-state index contributed by atoms with van der Waals surface area (Å²) in [5.41, 5.74) is 0.668. The van der Waals surface area contributed by atoms with Crippen LogP contribution in [0.5, 0.6) is 0 Å². The largest absolute Gasteiger partial charge is 0.354 e. The van der Waals surface area contributed by atoms with Crippen LogP contribution in [0.25, 0.3) is 10.2 Å². The monoisotopic (exact) mass is 506 g/mol. The van der Waals surface area contributed by atoms with Gasteiger partial charge < -0.3 is 5.32 Å². The molecule has 0 unspecified atom stereocenters. The molecule has 0 saturated heterocycles. The van der Waals surface area contributed by atoms with Crippen LogP contribution >= 0.6 is 22.9 Å². The van der Waals surface area contributed by atoms with Gasteiger partial charge in [-0.25, -0.2) is 18.2 Å². The van der Waals surface area contributed by atoms with Crippen molar-refractivity contribution in [2.75, 3.05) is 5.32 Å². The van der Waals surface area contributed by atoms with E-state index < -0.39 is 27.0 Å². The number of carbonyl (C=O) groups excluding carboxylic acids is 3. The third-order valence-electron chi connectivity index (χ3n) is 5.20. The smallest absolute Gasteiger partial charge is 0.327 e. The lowest BCUT2D eigenvalue weighted by Gasteiger charge is -2.35. The third-order valence-corrected chi connectivity index (χ3v) is 8.63. The van der Waals surface area contributed by atoms with Crippen LogP contribution in [0, 0.1) is 0 Å². The molecule has 1 aliphatic carbocycles. The molecule has 0 bridgehead atoms. The molecule has 0 aliphatic heterocycles. The van der Waals surface area contributed by atoms with Gasteiger partial charge in [-0.05, 0) is 43.2 Å². The Hall–Kier alpha value is -3.02. The quantitative estimate of drug-likeness (QED) is 0.485. The van der Waals surface area contributed by atoms with Crippen molar-refractivity contribution in [3.8, 4) is 0 Å². The van der Waals surface area contributed by atoms with E-state index in [2.05, 4.69) is 20.9 Å². The van der Waals surface area contributed by atoms with Crippen molar-refractivity contribution in [1.82, 2.24) is 15.6 Å². The van der Waals surface area contributed by atoms with Crippen LogP contribution in [-0.2, 0) is 14.6 Å². The van der Waals surface area contributed by atoms with Crippen LogP contribution in [-0.4, -0.2) is 42.5 Å². The first-order chi connectivity index (χ1) is 15.6. The van der Waals surface area contributed by atoms with E-state index in [9.17, 15) is 22.8 Å². The lowest BCUT2D eigenvalue weighted by molar-refractivity contribution is -0.120. The molecule has 1 saturated carbocycles. The Morgan fingerprint density at radius 3 is 2.55 bits per heavy atom. The van der Waals surface area contributed by atoms with Crippen LogP contribution in [0.1, 0.15) is 30.1 Å². The number of anilines is 1. The van der Waals surface area contributed by atoms with E-state index in [1.54, 1.807) is 18.2 Å². The standard InChI is InChI=1S/C21H19ClN4O5S2/c1-11(27)23-12-8-14(9-12)33(30,31)13-6-7-17-18(10-13)32-21(24-17)26-20(29)25-19(28)15-4-2-3-5-16(15)22/h2-7,10,12,14H,8-9H2,1H3,(H,23,27)(H2,24,25,26,28,29). The van der Waals surface area contributed by atoms with Gasteiger partial charge in [0.05, 0.1) is 30.9 Å². The highest BCUT2D eigenvalue weighted by Gasteiger charge is 2.40. The van der Waals surface area contributed by atoms with Crippen molar-refractivity contribution in [2.24, 2.45) is 0 Å². The summed E-state index contributed by atoms with van der Waals surface area (Å²) in [4.78, 5) is 40.0. The van der Waals surface area contributed by atoms with Gasteiger partial charge in [-0.15, -0.1) is 0 Å². The summed E-state index contributed by atoms with van der Waals surface area (Å²) in [5, 5.41) is 7.25. The highest BCUT2D eigenvalue weighted by atomic mass is 35.5. The molecule has 3 N–H and O–H groups in total. The highest BCUT2D eigenvalue weighted by molar-refractivity contribution is 7.92. The number of carbonyl (C=O) groups is 3. The number of benzene rings is 2. The zero-order valence-electron chi connectivity index (χ0n) is 17.3. The summed E-state index contributed by atoms with van der Waals surface area (Å²) < 4.78 is 26.4. The second-order valence-electron chi connectivity index (χ2n) is 7.57. The first kappa shape index (κ1) is 23.1. The van der Waals surface area contributed by atoms with Gasteiger partial charge >= 0.3 is 6.03 Å². The van der Waals surface area contributed by atoms with Crippen LogP contribution in [0.15, 0.2) is 47.4 Å². The number of nitrogens with one attached hydrogen (secondary N) is 3. The molecular weight excluding hydrogens is 488 g/mol. The minimum Gasteiger partial charge on any atom is -0.354 e. The van der Waals surface area contributed by atoms with E-state index in [4.69, 9.17) is 11.6 Å². The van der Waals surface area contributed by atoms with Crippen LogP contribution in [0.3, 0.4) is 0 Å². The zero-order chi connectivity index (χ0) is 23.8. The number of imide groups is 1. The maximum atomic E-state index is 12.9. The molecule has 4 rings (SSSR count). The van der Waals surface area contributed by atoms with Crippen LogP contribution < -0.4 is 16.0 Å². The predicted molar refractivity (Wildman–Crippen MR) is 125 cm³/mol. The molecule has 2 aromatic carbocycles. The Balaban J connectivity index is 1.44. The normalized spacial score (nSPS) is 17.8. The molecule has 1 aliphatic rings. The summed E-state index contributed by atoms with van der Waals surface area (Å²) in [6.07, 6.45) is 0.740. The third kappa shape index (κ3) is 5.00. The second kappa shape index (κ2) is 9.08. The van der Waals surface area contributed by atoms with E-state index in [1.807, 2.05) is 0 Å². The van der Waals surface area contributed by atoms with Gasteiger partial charge in [0.25, 0.3) is 5.91 Å². The van der Waals surface area contributed by atoms with Crippen LogP contribution in [0.2, 0.25) is 5.02 Å². The van der Waals surface area contributed by atoms with Crippen molar-refractivity contribution >= 4 is 66.0 Å². The number of nitrogens with zero attached hydrogens (tertiary/aromatic N) is 1. The van der Waals surface area contributed by atoms with E-state index in [-0.39, 0.29) is 32.6 Å². The fraction of sp³-hybridized carbons (Fsp3) is 0.238. The molecule has 9 nitrogen and oxygen atoms in total. The summed E-state index contributed by atoms with van der Waals surface area (Å²) in [6.45, 7) is 1.40. The van der Waals surface area contributed by atoms with Crippen molar-refractivity contribution < 1.29 is 22.8 Å². The number of rotatable bonds is 5. The molecule has 3 aromatic rings. The molecular formula is C21H19ClN4O5S2. The van der Waals surface area contributed by atoms with Crippen molar-refractivity contribution in [3.05, 3.63) is 53.1 Å². The Morgan fingerprint density at radius 2 is 1.85 bits per heavy atom. The fourth-order valence-electron chi connectivity index (χ4n) is 3.50. The number of sulfone groups is 1. The Kier molecular flexibility index (Phi) is 6.37. The number of aromatic nitrogens is 1. The Bertz CT molecular complexity index is 1370. The van der Waals surface area contributed by atoms with E-state index in [1.165, 1.54) is 31.2 Å². The summed E-state index contributed by atoms with van der Waals surface area (Å²) in [5.74, 6) is -0.842. The number of halogens is 1. The van der Waals surface area contributed by atoms with Gasteiger partial charge in [-0.3, -0.25) is 20.2 Å². The average molecular weight is 507 g/mol. The Morgan fingerprint density at radius 1 is 1.12 bits per heavy atom. The minimum atomic E-state index is -3.56. The van der Waals surface area contributed by atoms with Gasteiger partial charge in [-0.1, -0.05) is 35.1 Å². The Labute approximate surface area is 198 Å². The molecule has 33 heavy (non-hydrogen) atoms. The van der Waals surface area contributed by atoms with E-state index in [0.717, 1.165) is 11.3 Å². The van der Waals surface area contributed by atoms with Gasteiger partial charge in [0, 0.05) is 13.0 Å². The van der Waals surface area contributed by atoms with E-state index >= 15 is 0 Å². The predicted octanol–water partition coefficient (Wildman–Crippen LogP) is 3.35. The van der Waals surface area contributed by atoms with Crippen molar-refractivity contribution in [2.45, 2.75) is 36.0 Å². The molecule has 0 radical (unpaired) electrons. The summed E-state index contributed by atoms with van der Waals surface area (Å²) >= 11 is 7.05. The molecule has 1 heterocycles. The van der Waals surface area contributed by atoms with E-state index in [0.29, 0.717) is 23.1 Å². The molecule has 1 aromatic heterocycles. The average Bonchev–Trinajstić information content (AvgIpc) is 3.11. The number of hydrogen-bond donors (Lipinski definition) is 3. The SMILES string of the molecule is CC(=O)NC1CC(S(=O)(=O)c2ccc3nc(NC(=O)NC(=O)c4ccccc4Cl)sc3c2)C1. The maximum absolute atomic E-state index is 12.9. The van der Waals surface area contributed by atoms with Crippen molar-refractivity contribution in [1.29, 1.82) is 0 Å². The number of thiazole rings is 1. The number of fused-ring (bicyclic) bond motifs is 1. The van der Waals surface area contributed by atoms with Gasteiger partial charge in [-0.2, -0.15) is 0 Å². The zero-order valence-corrected chi connectivity index (χ0v) is 19.7. The molecule has 12 heteroatoms. The minimum absolute atomic E-state index is 0.128. The number of urea groups is 1. The molecule has 1 fully saturated rings. The first-order valence-electron chi connectivity index (χ1n) is 9.92. The number of hydrogen-bond acceptors (Lipinski definition) is 7. The topological polar surface area (TPSA) is 134 Å². The molecule has 0 spiro atoms. The maximum Gasteiger partial charge on any atom is 0.327 e. The molecule has 4 amide bonds. The van der Waals surface area contributed by atoms with Gasteiger partial charge in [0.2, 0.25) is 5.91 Å². The van der Waals surface area contributed by atoms with Crippen molar-refractivity contribution in [3.63, 3.8) is 0 Å². The van der Waals surface area contributed by atoms with Gasteiger partial charge in [0.1, 0.15) is 0 Å². The number of amides is 4. The fourth-order valence-corrected chi connectivity index (χ4v) is 6.59. The lowest BCUT2D eigenvalue weighted by atomic mass is 9.92. The highest BCUT2D eigenvalue weighted by Crippen LogP contribution is 2.34. The summed E-state index contributed by atoms with van der Waals surface area (Å²) in [6, 6.07) is 9.98. The van der Waals surface area contributed by atoms with Gasteiger partial charge in [0.15, 0.2) is 15.0 Å². The summed E-state index contributed by atoms with van der Waals surface area (Å²) in [7, 11) is -3.56. The first-order valence-corrected chi connectivity index (χ1v) is 12.7. The molecule has 0 atom stereocenters. The molecule has 172 valence electrons.